The maximum absolute atomic E-state index is 12.5. The zero-order valence-corrected chi connectivity index (χ0v) is 14.8. The predicted molar refractivity (Wildman–Crippen MR) is 97.6 cm³/mol. The molecule has 0 aliphatic carbocycles. The van der Waals surface area contributed by atoms with Gasteiger partial charge in [-0.15, -0.1) is 21.5 Å². The predicted octanol–water partition coefficient (Wildman–Crippen LogP) is 3.84. The normalized spacial score (nSPS) is 16.7. The minimum atomic E-state index is -0.224. The molecule has 1 aromatic carbocycles. The van der Waals surface area contributed by atoms with Crippen molar-refractivity contribution in [1.82, 2.24) is 15.2 Å². The summed E-state index contributed by atoms with van der Waals surface area (Å²) in [4.78, 5) is 16.6. The number of aromatic nitrogens is 3. The van der Waals surface area contributed by atoms with Crippen LogP contribution in [0.25, 0.3) is 0 Å². The Bertz CT molecular complexity index is 859. The Morgan fingerprint density at radius 2 is 2.24 bits per heavy atom. The van der Waals surface area contributed by atoms with Gasteiger partial charge in [0.15, 0.2) is 5.13 Å². The van der Waals surface area contributed by atoms with Crippen molar-refractivity contribution in [2.24, 2.45) is 0 Å². The van der Waals surface area contributed by atoms with Crippen LogP contribution >= 0.6 is 22.7 Å². The molecule has 128 valence electrons. The van der Waals surface area contributed by atoms with Crippen LogP contribution in [-0.2, 0) is 4.74 Å². The molecule has 2 N–H and O–H groups in total. The Kier molecular flexibility index (Phi) is 4.68. The quantitative estimate of drug-likeness (QED) is 0.706. The van der Waals surface area contributed by atoms with Gasteiger partial charge in [0.1, 0.15) is 11.1 Å². The van der Waals surface area contributed by atoms with Crippen molar-refractivity contribution in [1.29, 1.82) is 0 Å². The van der Waals surface area contributed by atoms with Crippen molar-refractivity contribution in [3.63, 3.8) is 0 Å². The number of anilines is 3. The monoisotopic (exact) mass is 373 g/mol. The lowest BCUT2D eigenvalue weighted by molar-refractivity contribution is 0.102. The van der Waals surface area contributed by atoms with Gasteiger partial charge < -0.3 is 10.1 Å². The summed E-state index contributed by atoms with van der Waals surface area (Å²) in [7, 11) is 0. The summed E-state index contributed by atoms with van der Waals surface area (Å²) in [5, 5.41) is 18.1. The van der Waals surface area contributed by atoms with Crippen molar-refractivity contribution >= 4 is 44.5 Å². The summed E-state index contributed by atoms with van der Waals surface area (Å²) in [5.41, 5.74) is 1.34. The molecular weight excluding hydrogens is 358 g/mol. The average Bonchev–Trinajstić information content (AvgIpc) is 3.37. The largest absolute Gasteiger partial charge is 0.371 e. The highest BCUT2D eigenvalue weighted by Gasteiger charge is 2.22. The molecule has 3 aromatic rings. The zero-order valence-electron chi connectivity index (χ0n) is 13.1. The summed E-state index contributed by atoms with van der Waals surface area (Å²) in [6.07, 6.45) is 3.72. The fourth-order valence-electron chi connectivity index (χ4n) is 2.50. The molecule has 1 saturated heterocycles. The SMILES string of the molecule is O=C(Nc1nnc(C2CCCO2)s1)c1cccc(Nc2nccs2)c1. The molecule has 9 heteroatoms. The molecule has 1 aliphatic heterocycles. The second-order valence-electron chi connectivity index (χ2n) is 5.44. The molecule has 25 heavy (non-hydrogen) atoms. The fraction of sp³-hybridized carbons (Fsp3) is 0.250. The van der Waals surface area contributed by atoms with Crippen molar-refractivity contribution in [2.45, 2.75) is 18.9 Å². The van der Waals surface area contributed by atoms with E-state index in [1.807, 2.05) is 17.5 Å². The maximum Gasteiger partial charge on any atom is 0.257 e. The van der Waals surface area contributed by atoms with Crippen LogP contribution in [-0.4, -0.2) is 27.7 Å². The van der Waals surface area contributed by atoms with Crippen molar-refractivity contribution < 1.29 is 9.53 Å². The van der Waals surface area contributed by atoms with Crippen molar-refractivity contribution in [2.75, 3.05) is 17.2 Å². The number of nitrogens with zero attached hydrogens (tertiary/aromatic N) is 3. The van der Waals surface area contributed by atoms with Gasteiger partial charge in [-0.1, -0.05) is 17.4 Å². The van der Waals surface area contributed by atoms with Gasteiger partial charge in [-0.05, 0) is 31.0 Å². The first-order chi connectivity index (χ1) is 12.3. The number of carbonyl (C=O) groups excluding carboxylic acids is 1. The Balaban J connectivity index is 1.44. The first kappa shape index (κ1) is 16.1. The number of amides is 1. The number of thiazole rings is 1. The number of rotatable bonds is 5. The van der Waals surface area contributed by atoms with Crippen LogP contribution in [0.15, 0.2) is 35.8 Å². The fourth-order valence-corrected chi connectivity index (χ4v) is 3.88. The molecule has 1 fully saturated rings. The van der Waals surface area contributed by atoms with Crippen LogP contribution in [0.1, 0.15) is 34.3 Å². The minimum Gasteiger partial charge on any atom is -0.371 e. The summed E-state index contributed by atoms with van der Waals surface area (Å²) in [5.74, 6) is -0.224. The summed E-state index contributed by atoms with van der Waals surface area (Å²) < 4.78 is 5.59. The molecule has 7 nitrogen and oxygen atoms in total. The van der Waals surface area contributed by atoms with Crippen LogP contribution in [0, 0.1) is 0 Å². The molecule has 1 amide bonds. The Labute approximate surface area is 152 Å². The molecule has 1 atom stereocenters. The molecule has 1 unspecified atom stereocenters. The third-order valence-corrected chi connectivity index (χ3v) is 5.29. The summed E-state index contributed by atoms with van der Waals surface area (Å²) >= 11 is 2.86. The molecule has 2 aromatic heterocycles. The first-order valence-electron chi connectivity index (χ1n) is 7.81. The van der Waals surface area contributed by atoms with Gasteiger partial charge in [0.25, 0.3) is 5.91 Å². The average molecular weight is 373 g/mol. The van der Waals surface area contributed by atoms with Gasteiger partial charge in [0.05, 0.1) is 0 Å². The van der Waals surface area contributed by atoms with E-state index in [0.717, 1.165) is 35.3 Å². The topological polar surface area (TPSA) is 89.0 Å². The third-order valence-electron chi connectivity index (χ3n) is 3.67. The van der Waals surface area contributed by atoms with E-state index in [-0.39, 0.29) is 12.0 Å². The zero-order chi connectivity index (χ0) is 17.1. The van der Waals surface area contributed by atoms with Gasteiger partial charge in [0.2, 0.25) is 5.13 Å². The maximum atomic E-state index is 12.5. The lowest BCUT2D eigenvalue weighted by Gasteiger charge is -2.06. The standard InChI is InChI=1S/C16H15N5O2S2/c22-13(19-16-21-20-14(25-16)12-5-2-7-23-12)10-3-1-4-11(9-10)18-15-17-6-8-24-15/h1,3-4,6,8-9,12H,2,5,7H2,(H,17,18)(H,19,21,22). The highest BCUT2D eigenvalue weighted by atomic mass is 32.1. The Morgan fingerprint density at radius 1 is 1.28 bits per heavy atom. The van der Waals surface area contributed by atoms with Gasteiger partial charge in [0, 0.05) is 29.4 Å². The number of benzene rings is 1. The third kappa shape index (κ3) is 3.84. The van der Waals surface area contributed by atoms with Crippen LogP contribution in [0.3, 0.4) is 0 Å². The highest BCUT2D eigenvalue weighted by Crippen LogP contribution is 2.32. The molecule has 0 spiro atoms. The Morgan fingerprint density at radius 3 is 3.04 bits per heavy atom. The molecule has 3 heterocycles. The minimum absolute atomic E-state index is 0.00831. The number of hydrogen-bond acceptors (Lipinski definition) is 8. The van der Waals surface area contributed by atoms with E-state index in [9.17, 15) is 4.79 Å². The van der Waals surface area contributed by atoms with Crippen molar-refractivity contribution in [3.8, 4) is 0 Å². The van der Waals surface area contributed by atoms with Gasteiger partial charge in [-0.3, -0.25) is 10.1 Å². The second-order valence-corrected chi connectivity index (χ2v) is 7.35. The van der Waals surface area contributed by atoms with Crippen LogP contribution in [0.4, 0.5) is 16.0 Å². The van der Waals surface area contributed by atoms with Gasteiger partial charge in [-0.25, -0.2) is 4.98 Å². The second kappa shape index (κ2) is 7.26. The Hall–Kier alpha value is -2.36. The molecule has 4 rings (SSSR count). The molecule has 1 aliphatic rings. The van der Waals surface area contributed by atoms with E-state index < -0.39 is 0 Å². The number of ether oxygens (including phenoxy) is 1. The van der Waals surface area contributed by atoms with Gasteiger partial charge in [-0.2, -0.15) is 0 Å². The van der Waals surface area contributed by atoms with E-state index in [2.05, 4.69) is 25.8 Å². The smallest absolute Gasteiger partial charge is 0.257 e. The van der Waals surface area contributed by atoms with Crippen LogP contribution in [0.5, 0.6) is 0 Å². The molecule has 0 radical (unpaired) electrons. The number of hydrogen-bond donors (Lipinski definition) is 2. The van der Waals surface area contributed by atoms with E-state index in [0.29, 0.717) is 10.7 Å². The van der Waals surface area contributed by atoms with E-state index in [4.69, 9.17) is 4.74 Å². The number of carbonyl (C=O) groups is 1. The molecule has 0 saturated carbocycles. The van der Waals surface area contributed by atoms with Gasteiger partial charge >= 0.3 is 0 Å². The van der Waals surface area contributed by atoms with Crippen LogP contribution < -0.4 is 10.6 Å². The lowest BCUT2D eigenvalue weighted by atomic mass is 10.2. The van der Waals surface area contributed by atoms with E-state index in [1.165, 1.54) is 22.7 Å². The highest BCUT2D eigenvalue weighted by molar-refractivity contribution is 7.15. The van der Waals surface area contributed by atoms with E-state index >= 15 is 0 Å². The summed E-state index contributed by atoms with van der Waals surface area (Å²) in [6.45, 7) is 0.755. The van der Waals surface area contributed by atoms with Crippen LogP contribution in [0.2, 0.25) is 0 Å². The van der Waals surface area contributed by atoms with Crippen molar-refractivity contribution in [3.05, 3.63) is 46.4 Å². The summed E-state index contributed by atoms with van der Waals surface area (Å²) in [6, 6.07) is 7.24. The molecule has 0 bridgehead atoms. The number of nitrogens with one attached hydrogen (secondary N) is 2. The molecular formula is C16H15N5O2S2. The lowest BCUT2D eigenvalue weighted by Crippen LogP contribution is -2.11. The van der Waals surface area contributed by atoms with E-state index in [1.54, 1.807) is 18.3 Å². The first-order valence-corrected chi connectivity index (χ1v) is 9.50.